The first-order valence-electron chi connectivity index (χ1n) is 9.65. The lowest BCUT2D eigenvalue weighted by molar-refractivity contribution is 0.0226. The summed E-state index contributed by atoms with van der Waals surface area (Å²) in [5.74, 6) is 0. The van der Waals surface area contributed by atoms with E-state index in [2.05, 4.69) is 0 Å². The van der Waals surface area contributed by atoms with Gasteiger partial charge in [-0.25, -0.2) is 8.42 Å². The summed E-state index contributed by atoms with van der Waals surface area (Å²) < 4.78 is 34.6. The maximum absolute atomic E-state index is 13.5. The lowest BCUT2D eigenvalue weighted by Gasteiger charge is -2.36. The number of hydrogen-bond acceptors (Lipinski definition) is 3. The number of halogens is 1. The van der Waals surface area contributed by atoms with Crippen molar-refractivity contribution in [3.8, 4) is 0 Å². The van der Waals surface area contributed by atoms with E-state index in [4.69, 9.17) is 16.3 Å². The summed E-state index contributed by atoms with van der Waals surface area (Å²) in [4.78, 5) is 0.267. The van der Waals surface area contributed by atoms with E-state index in [9.17, 15) is 8.42 Å². The van der Waals surface area contributed by atoms with E-state index >= 15 is 0 Å². The van der Waals surface area contributed by atoms with Crippen molar-refractivity contribution in [3.05, 3.63) is 106 Å². The summed E-state index contributed by atoms with van der Waals surface area (Å²) >= 11 is 6.00. The minimum absolute atomic E-state index is 0.188. The van der Waals surface area contributed by atoms with Gasteiger partial charge in [0.2, 0.25) is 0 Å². The number of nitrogens with zero attached hydrogens (tertiary/aromatic N) is 1. The fraction of sp³-hybridized carbons (Fsp3) is 0.167. The minimum Gasteiger partial charge on any atom is -0.365 e. The first-order valence-corrected chi connectivity index (χ1v) is 11.5. The van der Waals surface area contributed by atoms with Crippen molar-refractivity contribution >= 4 is 27.7 Å². The zero-order chi connectivity index (χ0) is 21.1. The van der Waals surface area contributed by atoms with Crippen LogP contribution in [0.3, 0.4) is 0 Å². The van der Waals surface area contributed by atoms with Crippen LogP contribution in [0.4, 0.5) is 0 Å². The van der Waals surface area contributed by atoms with Gasteiger partial charge in [0.15, 0.2) is 0 Å². The van der Waals surface area contributed by atoms with Crippen LogP contribution in [0, 0.1) is 6.92 Å². The predicted octanol–water partition coefficient (Wildman–Crippen LogP) is 5.45. The largest absolute Gasteiger partial charge is 0.365 e. The molecule has 0 amide bonds. The Labute approximate surface area is 182 Å². The Balaban J connectivity index is 1.73. The van der Waals surface area contributed by atoms with Crippen molar-refractivity contribution in [3.63, 3.8) is 0 Å². The van der Waals surface area contributed by atoms with Gasteiger partial charge in [-0.15, -0.1) is 0 Å². The maximum atomic E-state index is 13.5. The molecule has 1 aliphatic heterocycles. The van der Waals surface area contributed by atoms with E-state index in [1.54, 1.807) is 24.3 Å². The predicted molar refractivity (Wildman–Crippen MR) is 120 cm³/mol. The molecular formula is C24H22ClNO3S. The third kappa shape index (κ3) is 4.43. The second-order valence-electron chi connectivity index (χ2n) is 7.25. The summed E-state index contributed by atoms with van der Waals surface area (Å²) in [6.45, 7) is 2.31. The van der Waals surface area contributed by atoms with Gasteiger partial charge < -0.3 is 4.74 Å². The van der Waals surface area contributed by atoms with Crippen molar-refractivity contribution < 1.29 is 13.2 Å². The highest BCUT2D eigenvalue weighted by Crippen LogP contribution is 2.32. The van der Waals surface area contributed by atoms with Gasteiger partial charge in [0.05, 0.1) is 23.7 Å². The van der Waals surface area contributed by atoms with Gasteiger partial charge >= 0.3 is 0 Å². The first kappa shape index (κ1) is 20.7. The summed E-state index contributed by atoms with van der Waals surface area (Å²) in [6, 6.07) is 23.9. The average molecular weight is 440 g/mol. The third-order valence-corrected chi connectivity index (χ3v) is 7.15. The van der Waals surface area contributed by atoms with Gasteiger partial charge in [0, 0.05) is 5.02 Å². The fourth-order valence-electron chi connectivity index (χ4n) is 3.40. The highest BCUT2D eigenvalue weighted by Gasteiger charge is 2.34. The standard InChI is InChI=1S/C24H22ClNO3S/c1-18-7-13-23(14-8-18)30(27,28)26-16-24(20-9-11-21(25)12-10-20)29-17-22(26)15-19-5-3-2-4-6-19/h2-15,24H,16-17H2,1H3/b22-15+. The van der Waals surface area contributed by atoms with Gasteiger partial charge in [-0.2, -0.15) is 0 Å². The molecule has 3 aromatic carbocycles. The molecule has 1 unspecified atom stereocenters. The Bertz CT molecular complexity index is 1140. The van der Waals surface area contributed by atoms with Crippen LogP contribution in [0.2, 0.25) is 5.02 Å². The molecule has 6 heteroatoms. The smallest absolute Gasteiger partial charge is 0.264 e. The molecule has 1 saturated heterocycles. The number of ether oxygens (including phenoxy) is 1. The lowest BCUT2D eigenvalue weighted by atomic mass is 10.1. The number of morpholine rings is 1. The number of benzene rings is 3. The molecule has 154 valence electrons. The van der Waals surface area contributed by atoms with Crippen LogP contribution in [0.15, 0.2) is 89.5 Å². The number of aryl methyl sites for hydroxylation is 1. The molecule has 0 bridgehead atoms. The van der Waals surface area contributed by atoms with Crippen molar-refractivity contribution in [2.24, 2.45) is 0 Å². The maximum Gasteiger partial charge on any atom is 0.264 e. The van der Waals surface area contributed by atoms with Gasteiger partial charge in [-0.3, -0.25) is 4.31 Å². The molecule has 0 radical (unpaired) electrons. The Morgan fingerprint density at radius 1 is 0.967 bits per heavy atom. The van der Waals surface area contributed by atoms with Crippen LogP contribution in [0.5, 0.6) is 0 Å². The van der Waals surface area contributed by atoms with Gasteiger partial charge in [0.25, 0.3) is 10.0 Å². The second kappa shape index (κ2) is 8.64. The molecule has 1 aliphatic rings. The number of sulfonamides is 1. The van der Waals surface area contributed by atoms with Gasteiger partial charge in [0.1, 0.15) is 6.10 Å². The van der Waals surface area contributed by atoms with Crippen LogP contribution in [-0.4, -0.2) is 25.9 Å². The topological polar surface area (TPSA) is 46.6 Å². The molecule has 30 heavy (non-hydrogen) atoms. The normalized spacial score (nSPS) is 18.5. The van der Waals surface area contributed by atoms with Crippen LogP contribution >= 0.6 is 11.6 Å². The Hall–Kier alpha value is -2.60. The van der Waals surface area contributed by atoms with E-state index in [1.807, 2.05) is 67.6 Å². The molecule has 1 fully saturated rings. The summed E-state index contributed by atoms with van der Waals surface area (Å²) in [5, 5.41) is 0.628. The summed E-state index contributed by atoms with van der Waals surface area (Å²) in [6.07, 6.45) is 1.49. The Morgan fingerprint density at radius 3 is 2.30 bits per heavy atom. The molecule has 0 aromatic heterocycles. The van der Waals surface area contributed by atoms with Crippen LogP contribution in [0.1, 0.15) is 22.8 Å². The van der Waals surface area contributed by atoms with E-state index in [0.717, 1.165) is 16.7 Å². The van der Waals surface area contributed by atoms with Gasteiger partial charge in [-0.1, -0.05) is 71.8 Å². The lowest BCUT2D eigenvalue weighted by Crippen LogP contribution is -2.40. The van der Waals surface area contributed by atoms with E-state index in [-0.39, 0.29) is 24.2 Å². The average Bonchev–Trinajstić information content (AvgIpc) is 2.75. The van der Waals surface area contributed by atoms with Gasteiger partial charge in [-0.05, 0) is 48.4 Å². The minimum atomic E-state index is -3.74. The number of hydrogen-bond donors (Lipinski definition) is 0. The van der Waals surface area contributed by atoms with Crippen molar-refractivity contribution in [2.75, 3.05) is 13.2 Å². The molecule has 1 atom stereocenters. The van der Waals surface area contributed by atoms with Crippen LogP contribution < -0.4 is 0 Å². The number of rotatable bonds is 4. The molecule has 0 N–H and O–H groups in total. The quantitative estimate of drug-likeness (QED) is 0.542. The molecule has 4 rings (SSSR count). The van der Waals surface area contributed by atoms with E-state index in [1.165, 1.54) is 4.31 Å². The summed E-state index contributed by atoms with van der Waals surface area (Å²) in [5.41, 5.74) is 3.43. The molecule has 4 nitrogen and oxygen atoms in total. The SMILES string of the molecule is Cc1ccc(S(=O)(=O)N2CC(c3ccc(Cl)cc3)OC/C2=C\c2ccccc2)cc1. The fourth-order valence-corrected chi connectivity index (χ4v) is 5.01. The highest BCUT2D eigenvalue weighted by molar-refractivity contribution is 7.89. The molecule has 3 aromatic rings. The highest BCUT2D eigenvalue weighted by atomic mass is 35.5. The van der Waals surface area contributed by atoms with Crippen molar-refractivity contribution in [1.82, 2.24) is 4.31 Å². The first-order chi connectivity index (χ1) is 14.4. The Morgan fingerprint density at radius 2 is 1.63 bits per heavy atom. The second-order valence-corrected chi connectivity index (χ2v) is 9.55. The van der Waals surface area contributed by atoms with Crippen molar-refractivity contribution in [2.45, 2.75) is 17.9 Å². The van der Waals surface area contributed by atoms with Crippen LogP contribution in [-0.2, 0) is 14.8 Å². The molecule has 0 saturated carbocycles. The van der Waals surface area contributed by atoms with E-state index < -0.39 is 10.0 Å². The van der Waals surface area contributed by atoms with Crippen molar-refractivity contribution in [1.29, 1.82) is 0 Å². The zero-order valence-corrected chi connectivity index (χ0v) is 18.1. The molecule has 0 aliphatic carbocycles. The monoisotopic (exact) mass is 439 g/mol. The molecular weight excluding hydrogens is 418 g/mol. The van der Waals surface area contributed by atoms with E-state index in [0.29, 0.717) is 10.7 Å². The molecule has 1 heterocycles. The summed E-state index contributed by atoms with van der Waals surface area (Å²) in [7, 11) is -3.74. The third-order valence-electron chi connectivity index (χ3n) is 5.07. The Kier molecular flexibility index (Phi) is 5.95. The van der Waals surface area contributed by atoms with Crippen LogP contribution in [0.25, 0.3) is 6.08 Å². The molecule has 0 spiro atoms. The zero-order valence-electron chi connectivity index (χ0n) is 16.5.